The molecule has 0 radical (unpaired) electrons. The summed E-state index contributed by atoms with van der Waals surface area (Å²) >= 11 is 1.29. The first-order valence-electron chi connectivity index (χ1n) is 6.08. The molecule has 108 valence electrons. The summed E-state index contributed by atoms with van der Waals surface area (Å²) < 4.78 is 51.7. The second-order valence-electron chi connectivity index (χ2n) is 4.24. The Kier molecular flexibility index (Phi) is 4.45. The standard InChI is InChI=1S/C14H13F4NS/c1-2-19-8-10-4-6-13(20-10)11-7-9(14(16,17)18)3-5-12(11)15/h3-7,19H,2,8H2,1H3. The van der Waals surface area contributed by atoms with Crippen molar-refractivity contribution in [3.8, 4) is 10.4 Å². The molecule has 0 amide bonds. The van der Waals surface area contributed by atoms with Crippen molar-refractivity contribution in [2.45, 2.75) is 19.6 Å². The van der Waals surface area contributed by atoms with Crippen LogP contribution in [-0.2, 0) is 12.7 Å². The van der Waals surface area contributed by atoms with Crippen LogP contribution in [0.3, 0.4) is 0 Å². The lowest BCUT2D eigenvalue weighted by Gasteiger charge is -2.08. The second-order valence-corrected chi connectivity index (χ2v) is 5.41. The summed E-state index contributed by atoms with van der Waals surface area (Å²) in [5.74, 6) is -0.644. The topological polar surface area (TPSA) is 12.0 Å². The summed E-state index contributed by atoms with van der Waals surface area (Å²) in [7, 11) is 0. The van der Waals surface area contributed by atoms with Gasteiger partial charge in [0.15, 0.2) is 0 Å². The second kappa shape index (κ2) is 5.93. The summed E-state index contributed by atoms with van der Waals surface area (Å²) in [4.78, 5) is 1.46. The first-order chi connectivity index (χ1) is 9.41. The number of alkyl halides is 3. The molecule has 0 saturated carbocycles. The van der Waals surface area contributed by atoms with E-state index in [1.54, 1.807) is 12.1 Å². The predicted molar refractivity (Wildman–Crippen MR) is 72.1 cm³/mol. The van der Waals surface area contributed by atoms with E-state index in [0.717, 1.165) is 29.6 Å². The Morgan fingerprint density at radius 3 is 2.55 bits per heavy atom. The van der Waals surface area contributed by atoms with Crippen LogP contribution in [0.5, 0.6) is 0 Å². The van der Waals surface area contributed by atoms with Gasteiger partial charge in [0.1, 0.15) is 5.82 Å². The molecule has 2 rings (SSSR count). The van der Waals surface area contributed by atoms with Gasteiger partial charge in [-0.2, -0.15) is 13.2 Å². The summed E-state index contributed by atoms with van der Waals surface area (Å²) in [5.41, 5.74) is -0.844. The number of benzene rings is 1. The van der Waals surface area contributed by atoms with Crippen LogP contribution in [0.25, 0.3) is 10.4 Å². The Balaban J connectivity index is 2.34. The summed E-state index contributed by atoms with van der Waals surface area (Å²) in [5, 5.41) is 3.12. The fraction of sp³-hybridized carbons (Fsp3) is 0.286. The third kappa shape index (κ3) is 3.37. The van der Waals surface area contributed by atoms with Gasteiger partial charge in [-0.3, -0.25) is 0 Å². The molecule has 1 heterocycles. The Labute approximate surface area is 118 Å². The van der Waals surface area contributed by atoms with Crippen LogP contribution in [0.15, 0.2) is 30.3 Å². The number of hydrogen-bond acceptors (Lipinski definition) is 2. The Hall–Kier alpha value is -1.40. The van der Waals surface area contributed by atoms with Crippen molar-refractivity contribution in [1.29, 1.82) is 0 Å². The lowest BCUT2D eigenvalue weighted by molar-refractivity contribution is -0.137. The monoisotopic (exact) mass is 303 g/mol. The molecular weight excluding hydrogens is 290 g/mol. The maximum Gasteiger partial charge on any atom is 0.416 e. The van der Waals surface area contributed by atoms with E-state index in [4.69, 9.17) is 0 Å². The maximum absolute atomic E-state index is 13.7. The molecule has 6 heteroatoms. The molecule has 0 unspecified atom stereocenters. The van der Waals surface area contributed by atoms with Crippen molar-refractivity contribution in [2.75, 3.05) is 6.54 Å². The van der Waals surface area contributed by atoms with Crippen molar-refractivity contribution in [3.05, 3.63) is 46.6 Å². The zero-order valence-corrected chi connectivity index (χ0v) is 11.5. The average molecular weight is 303 g/mol. The molecule has 0 spiro atoms. The van der Waals surface area contributed by atoms with Gasteiger partial charge in [-0.15, -0.1) is 11.3 Å². The molecule has 0 fully saturated rings. The van der Waals surface area contributed by atoms with Gasteiger partial charge in [-0.05, 0) is 36.9 Å². The molecule has 20 heavy (non-hydrogen) atoms. The van der Waals surface area contributed by atoms with Crippen molar-refractivity contribution in [1.82, 2.24) is 5.32 Å². The normalized spacial score (nSPS) is 11.8. The molecule has 1 N–H and O–H groups in total. The molecule has 1 aromatic heterocycles. The van der Waals surface area contributed by atoms with Gasteiger partial charge in [-0.25, -0.2) is 4.39 Å². The number of halogens is 4. The largest absolute Gasteiger partial charge is 0.416 e. The van der Waals surface area contributed by atoms with Crippen molar-refractivity contribution >= 4 is 11.3 Å². The Bertz CT molecular complexity index is 589. The Morgan fingerprint density at radius 1 is 1.15 bits per heavy atom. The van der Waals surface area contributed by atoms with Crippen LogP contribution < -0.4 is 5.32 Å². The van der Waals surface area contributed by atoms with E-state index < -0.39 is 17.6 Å². The zero-order chi connectivity index (χ0) is 14.8. The number of thiophene rings is 1. The third-order valence-electron chi connectivity index (χ3n) is 2.77. The van der Waals surface area contributed by atoms with Gasteiger partial charge in [0.2, 0.25) is 0 Å². The number of nitrogens with one attached hydrogen (secondary N) is 1. The van der Waals surface area contributed by atoms with Crippen LogP contribution in [0.1, 0.15) is 17.4 Å². The summed E-state index contributed by atoms with van der Waals surface area (Å²) in [6.45, 7) is 3.38. The minimum atomic E-state index is -4.47. The van der Waals surface area contributed by atoms with Gasteiger partial charge in [0.25, 0.3) is 0 Å². The van der Waals surface area contributed by atoms with Gasteiger partial charge in [0, 0.05) is 21.9 Å². The van der Waals surface area contributed by atoms with Gasteiger partial charge in [-0.1, -0.05) is 6.92 Å². The highest BCUT2D eigenvalue weighted by molar-refractivity contribution is 7.15. The fourth-order valence-corrected chi connectivity index (χ4v) is 2.75. The van der Waals surface area contributed by atoms with E-state index in [0.29, 0.717) is 11.4 Å². The molecule has 2 aromatic rings. The lowest BCUT2D eigenvalue weighted by Crippen LogP contribution is -2.10. The minimum absolute atomic E-state index is 0.00688. The zero-order valence-electron chi connectivity index (χ0n) is 10.7. The smallest absolute Gasteiger partial charge is 0.312 e. The van der Waals surface area contributed by atoms with Gasteiger partial charge < -0.3 is 5.32 Å². The summed E-state index contributed by atoms with van der Waals surface area (Å²) in [6, 6.07) is 5.92. The minimum Gasteiger partial charge on any atom is -0.312 e. The predicted octanol–water partition coefficient (Wildman–Crippen LogP) is 4.68. The molecule has 1 nitrogen and oxygen atoms in total. The van der Waals surface area contributed by atoms with Crippen molar-refractivity contribution in [3.63, 3.8) is 0 Å². The first-order valence-corrected chi connectivity index (χ1v) is 6.90. The van der Waals surface area contributed by atoms with Crippen LogP contribution in [0.2, 0.25) is 0 Å². The molecular formula is C14H13F4NS. The molecule has 1 aromatic carbocycles. The molecule has 0 aliphatic heterocycles. The highest BCUT2D eigenvalue weighted by Gasteiger charge is 2.31. The van der Waals surface area contributed by atoms with E-state index >= 15 is 0 Å². The quantitative estimate of drug-likeness (QED) is 0.809. The fourth-order valence-electron chi connectivity index (χ4n) is 1.76. The van der Waals surface area contributed by atoms with Gasteiger partial charge >= 0.3 is 6.18 Å². The van der Waals surface area contributed by atoms with E-state index in [1.165, 1.54) is 11.3 Å². The number of hydrogen-bond donors (Lipinski definition) is 1. The Morgan fingerprint density at radius 2 is 1.90 bits per heavy atom. The molecule has 0 bridgehead atoms. The van der Waals surface area contributed by atoms with Crippen LogP contribution in [0.4, 0.5) is 17.6 Å². The van der Waals surface area contributed by atoms with Crippen LogP contribution in [-0.4, -0.2) is 6.54 Å². The first kappa shape index (κ1) is 15.0. The average Bonchev–Trinajstić information content (AvgIpc) is 2.84. The number of rotatable bonds is 4. The third-order valence-corrected chi connectivity index (χ3v) is 3.89. The van der Waals surface area contributed by atoms with Crippen molar-refractivity contribution in [2.24, 2.45) is 0 Å². The van der Waals surface area contributed by atoms with Gasteiger partial charge in [0.05, 0.1) is 5.56 Å². The lowest BCUT2D eigenvalue weighted by atomic mass is 10.1. The molecule has 0 atom stereocenters. The molecule has 0 saturated heterocycles. The van der Waals surface area contributed by atoms with E-state index in [9.17, 15) is 17.6 Å². The van der Waals surface area contributed by atoms with Crippen LogP contribution >= 0.6 is 11.3 Å². The van der Waals surface area contributed by atoms with E-state index in [2.05, 4.69) is 5.32 Å². The maximum atomic E-state index is 13.7. The van der Waals surface area contributed by atoms with Crippen LogP contribution in [0, 0.1) is 5.82 Å². The van der Waals surface area contributed by atoms with Crippen molar-refractivity contribution < 1.29 is 17.6 Å². The molecule has 0 aliphatic carbocycles. The highest BCUT2D eigenvalue weighted by atomic mass is 32.1. The van der Waals surface area contributed by atoms with E-state index in [-0.39, 0.29) is 5.56 Å². The summed E-state index contributed by atoms with van der Waals surface area (Å²) in [6.07, 6.45) is -4.47. The SMILES string of the molecule is CCNCc1ccc(-c2cc(C(F)(F)F)ccc2F)s1. The van der Waals surface area contributed by atoms with E-state index in [1.807, 2.05) is 6.92 Å². The molecule has 0 aliphatic rings. The highest BCUT2D eigenvalue weighted by Crippen LogP contribution is 2.36.